The highest BCUT2D eigenvalue weighted by Gasteiger charge is 2.39. The molecule has 1 N–H and O–H groups in total. The van der Waals surface area contributed by atoms with Gasteiger partial charge in [0.05, 0.1) is 12.7 Å². The Balaban J connectivity index is 1.14. The minimum atomic E-state index is -0.383. The van der Waals surface area contributed by atoms with E-state index in [1.165, 1.54) is 31.4 Å². The molecule has 0 radical (unpaired) electrons. The molecule has 144 valence electrons. The number of aliphatic hydroxyl groups excluding tert-OH is 1. The number of anilines is 1. The maximum Gasteiger partial charge on any atom is 0.0900 e. The van der Waals surface area contributed by atoms with Gasteiger partial charge in [-0.2, -0.15) is 0 Å². The van der Waals surface area contributed by atoms with E-state index < -0.39 is 0 Å². The Morgan fingerprint density at radius 1 is 1.15 bits per heavy atom. The molecule has 0 spiro atoms. The Labute approximate surface area is 162 Å². The summed E-state index contributed by atoms with van der Waals surface area (Å²) in [6, 6.07) is 8.05. The standard InChI is InChI=1S/C21H31ClN2O2/c22-19-2-1-3-20(12-19)24-8-6-23(7-9-24)13-21(25)15-26-14-18-11-16-4-5-17(18)10-16/h1-3,12,16-18,21,25H,4-11,13-15H2/t16-,17-,18-,21-/m0/s1. The zero-order chi connectivity index (χ0) is 17.9. The van der Waals surface area contributed by atoms with Gasteiger partial charge in [-0.1, -0.05) is 24.1 Å². The van der Waals surface area contributed by atoms with E-state index in [0.29, 0.717) is 13.2 Å². The smallest absolute Gasteiger partial charge is 0.0900 e. The van der Waals surface area contributed by atoms with Crippen molar-refractivity contribution in [3.63, 3.8) is 0 Å². The highest BCUT2D eigenvalue weighted by atomic mass is 35.5. The van der Waals surface area contributed by atoms with E-state index in [0.717, 1.165) is 55.6 Å². The average Bonchev–Trinajstić information content (AvgIpc) is 3.25. The third-order valence-corrected chi connectivity index (χ3v) is 6.78. The lowest BCUT2D eigenvalue weighted by atomic mass is 9.90. The van der Waals surface area contributed by atoms with Gasteiger partial charge in [-0.05, 0) is 55.2 Å². The van der Waals surface area contributed by atoms with Crippen molar-refractivity contribution in [2.75, 3.05) is 50.8 Å². The van der Waals surface area contributed by atoms with Crippen LogP contribution in [0.1, 0.15) is 25.7 Å². The summed E-state index contributed by atoms with van der Waals surface area (Å²) >= 11 is 6.09. The summed E-state index contributed by atoms with van der Waals surface area (Å²) in [6.07, 6.45) is 5.23. The molecule has 26 heavy (non-hydrogen) atoms. The van der Waals surface area contributed by atoms with Gasteiger partial charge in [0, 0.05) is 50.0 Å². The number of halogens is 1. The van der Waals surface area contributed by atoms with Crippen LogP contribution >= 0.6 is 11.6 Å². The van der Waals surface area contributed by atoms with Crippen LogP contribution in [0, 0.1) is 17.8 Å². The lowest BCUT2D eigenvalue weighted by Gasteiger charge is -2.37. The van der Waals surface area contributed by atoms with Crippen molar-refractivity contribution in [3.8, 4) is 0 Å². The first kappa shape index (κ1) is 18.5. The fourth-order valence-corrected chi connectivity index (χ4v) is 5.33. The summed E-state index contributed by atoms with van der Waals surface area (Å²) in [5, 5.41) is 11.1. The summed E-state index contributed by atoms with van der Waals surface area (Å²) in [5.41, 5.74) is 1.19. The lowest BCUT2D eigenvalue weighted by Crippen LogP contribution is -2.49. The highest BCUT2D eigenvalue weighted by molar-refractivity contribution is 6.30. The van der Waals surface area contributed by atoms with Crippen LogP contribution < -0.4 is 4.90 Å². The van der Waals surface area contributed by atoms with Gasteiger partial charge in [0.2, 0.25) is 0 Å². The predicted octanol–water partition coefficient (Wildman–Crippen LogP) is 3.28. The van der Waals surface area contributed by atoms with Gasteiger partial charge < -0.3 is 14.7 Å². The second-order valence-corrected chi connectivity index (χ2v) is 8.83. The number of aliphatic hydroxyl groups is 1. The molecular formula is C21H31ClN2O2. The number of benzene rings is 1. The molecule has 2 saturated carbocycles. The van der Waals surface area contributed by atoms with Gasteiger partial charge in [-0.25, -0.2) is 0 Å². The molecule has 0 amide bonds. The third kappa shape index (κ3) is 4.53. The molecule has 4 atom stereocenters. The first-order chi connectivity index (χ1) is 12.7. The monoisotopic (exact) mass is 378 g/mol. The number of β-amino-alcohol motifs (C(OH)–C–C–N with tert-alkyl or cyclic N) is 1. The molecule has 2 bridgehead atoms. The van der Waals surface area contributed by atoms with E-state index >= 15 is 0 Å². The fraction of sp³-hybridized carbons (Fsp3) is 0.714. The molecule has 1 saturated heterocycles. The molecule has 3 fully saturated rings. The topological polar surface area (TPSA) is 35.9 Å². The second-order valence-electron chi connectivity index (χ2n) is 8.39. The normalized spacial score (nSPS) is 30.1. The second kappa shape index (κ2) is 8.47. The largest absolute Gasteiger partial charge is 0.389 e. The predicted molar refractivity (Wildman–Crippen MR) is 106 cm³/mol. The van der Waals surface area contributed by atoms with Crippen LogP contribution in [-0.2, 0) is 4.74 Å². The number of nitrogens with zero attached hydrogens (tertiary/aromatic N) is 2. The van der Waals surface area contributed by atoms with E-state index in [1.807, 2.05) is 18.2 Å². The van der Waals surface area contributed by atoms with Crippen LogP contribution in [0.25, 0.3) is 0 Å². The Hall–Kier alpha value is -0.810. The van der Waals surface area contributed by atoms with Crippen LogP contribution in [0.4, 0.5) is 5.69 Å². The highest BCUT2D eigenvalue weighted by Crippen LogP contribution is 2.48. The summed E-state index contributed by atoms with van der Waals surface area (Å²) in [4.78, 5) is 4.70. The maximum absolute atomic E-state index is 10.3. The Bertz CT molecular complexity index is 591. The first-order valence-corrected chi connectivity index (χ1v) is 10.5. The van der Waals surface area contributed by atoms with Crippen molar-refractivity contribution >= 4 is 17.3 Å². The van der Waals surface area contributed by atoms with Crippen molar-refractivity contribution in [2.24, 2.45) is 17.8 Å². The number of rotatable bonds is 7. The SMILES string of the molecule is O[C@H](COC[C@@H]1C[C@H]2CC[C@H]1C2)CN1CCN(c2cccc(Cl)c2)CC1. The molecule has 1 aliphatic heterocycles. The van der Waals surface area contributed by atoms with Crippen LogP contribution in [0.3, 0.4) is 0 Å². The van der Waals surface area contributed by atoms with Gasteiger partial charge in [-0.15, -0.1) is 0 Å². The van der Waals surface area contributed by atoms with Crippen molar-refractivity contribution in [2.45, 2.75) is 31.8 Å². The third-order valence-electron chi connectivity index (χ3n) is 6.54. The van der Waals surface area contributed by atoms with Gasteiger partial charge in [0.15, 0.2) is 0 Å². The number of hydrogen-bond donors (Lipinski definition) is 1. The van der Waals surface area contributed by atoms with E-state index in [1.54, 1.807) is 0 Å². The van der Waals surface area contributed by atoms with Crippen LogP contribution in [0.2, 0.25) is 5.02 Å². The van der Waals surface area contributed by atoms with Gasteiger partial charge >= 0.3 is 0 Å². The molecule has 0 unspecified atom stereocenters. The molecule has 1 aromatic rings. The average molecular weight is 379 g/mol. The van der Waals surface area contributed by atoms with E-state index in [4.69, 9.17) is 16.3 Å². The number of fused-ring (bicyclic) bond motifs is 2. The van der Waals surface area contributed by atoms with Crippen LogP contribution in [0.5, 0.6) is 0 Å². The quantitative estimate of drug-likeness (QED) is 0.789. The van der Waals surface area contributed by atoms with E-state index in [2.05, 4.69) is 15.9 Å². The molecule has 3 aliphatic rings. The maximum atomic E-state index is 10.3. The van der Waals surface area contributed by atoms with Crippen LogP contribution in [-0.4, -0.2) is 62.0 Å². The fourth-order valence-electron chi connectivity index (χ4n) is 5.15. The molecule has 5 heteroatoms. The first-order valence-electron chi connectivity index (χ1n) is 10.2. The van der Waals surface area contributed by atoms with E-state index in [9.17, 15) is 5.11 Å². The van der Waals surface area contributed by atoms with Gasteiger partial charge in [0.1, 0.15) is 0 Å². The summed E-state index contributed by atoms with van der Waals surface area (Å²) in [6.45, 7) is 5.91. The van der Waals surface area contributed by atoms with Gasteiger partial charge in [0.25, 0.3) is 0 Å². The minimum Gasteiger partial charge on any atom is -0.389 e. The number of ether oxygens (including phenoxy) is 1. The van der Waals surface area contributed by atoms with Crippen molar-refractivity contribution in [1.29, 1.82) is 0 Å². The summed E-state index contributed by atoms with van der Waals surface area (Å²) in [7, 11) is 0. The Morgan fingerprint density at radius 2 is 2.00 bits per heavy atom. The minimum absolute atomic E-state index is 0.383. The molecule has 4 nitrogen and oxygen atoms in total. The molecule has 0 aromatic heterocycles. The number of piperazine rings is 1. The summed E-state index contributed by atoms with van der Waals surface area (Å²) in [5.74, 6) is 2.62. The molecule has 4 rings (SSSR count). The van der Waals surface area contributed by atoms with E-state index in [-0.39, 0.29) is 6.10 Å². The molecule has 1 aromatic carbocycles. The van der Waals surface area contributed by atoms with Gasteiger partial charge in [-0.3, -0.25) is 4.90 Å². The van der Waals surface area contributed by atoms with Crippen LogP contribution in [0.15, 0.2) is 24.3 Å². The zero-order valence-electron chi connectivity index (χ0n) is 15.5. The van der Waals surface area contributed by atoms with Crippen molar-refractivity contribution < 1.29 is 9.84 Å². The molecule has 2 aliphatic carbocycles. The van der Waals surface area contributed by atoms with Crippen molar-refractivity contribution in [3.05, 3.63) is 29.3 Å². The van der Waals surface area contributed by atoms with Crippen molar-refractivity contribution in [1.82, 2.24) is 4.90 Å². The lowest BCUT2D eigenvalue weighted by molar-refractivity contribution is -0.00274. The molecular weight excluding hydrogens is 348 g/mol. The summed E-state index contributed by atoms with van der Waals surface area (Å²) < 4.78 is 5.88. The number of hydrogen-bond acceptors (Lipinski definition) is 4. The Kier molecular flexibility index (Phi) is 6.04. The molecule has 1 heterocycles. The Morgan fingerprint density at radius 3 is 2.69 bits per heavy atom. The zero-order valence-corrected chi connectivity index (χ0v) is 16.3.